The van der Waals surface area contributed by atoms with Gasteiger partial charge < -0.3 is 10.2 Å². The van der Waals surface area contributed by atoms with Crippen LogP contribution in [0.2, 0.25) is 0 Å². The average Bonchev–Trinajstić information content (AvgIpc) is 2.99. The van der Waals surface area contributed by atoms with Crippen molar-refractivity contribution in [1.29, 1.82) is 0 Å². The summed E-state index contributed by atoms with van der Waals surface area (Å²) >= 11 is 0. The Kier molecular flexibility index (Phi) is 7.41. The molecule has 0 unspecified atom stereocenters. The smallest absolute Gasteiger partial charge is 0.243 e. The van der Waals surface area contributed by atoms with Gasteiger partial charge in [-0.25, -0.2) is 8.42 Å². The van der Waals surface area contributed by atoms with Gasteiger partial charge in [0.2, 0.25) is 10.0 Å². The number of sulfonamides is 1. The molecule has 0 spiro atoms. The van der Waals surface area contributed by atoms with Gasteiger partial charge in [-0.15, -0.1) is 6.58 Å². The topological polar surface area (TPSA) is 77.8 Å². The maximum atomic E-state index is 12.9. The van der Waals surface area contributed by atoms with E-state index in [2.05, 4.69) is 13.5 Å². The molecule has 1 saturated heterocycles. The monoisotopic (exact) mass is 381 g/mol. The molecule has 4 atom stereocenters. The normalized spacial score (nSPS) is 23.7. The SMILES string of the molecule is C=C[C@H]([C@H]1CN(S(=O)(=O)c2ccc(C)cc2)C[C@H]1O)[C@H](O)CCCCC. The lowest BCUT2D eigenvalue weighted by Gasteiger charge is -2.27. The molecule has 1 aliphatic rings. The van der Waals surface area contributed by atoms with Gasteiger partial charge in [0, 0.05) is 24.9 Å². The van der Waals surface area contributed by atoms with E-state index < -0.39 is 22.2 Å². The highest BCUT2D eigenvalue weighted by molar-refractivity contribution is 7.89. The van der Waals surface area contributed by atoms with Crippen molar-refractivity contribution in [2.45, 2.75) is 56.6 Å². The van der Waals surface area contributed by atoms with E-state index in [1.165, 1.54) is 4.31 Å². The van der Waals surface area contributed by atoms with Gasteiger partial charge in [0.1, 0.15) is 0 Å². The molecule has 26 heavy (non-hydrogen) atoms. The van der Waals surface area contributed by atoms with Crippen LogP contribution in [0.25, 0.3) is 0 Å². The van der Waals surface area contributed by atoms with Gasteiger partial charge in [-0.05, 0) is 25.5 Å². The molecule has 1 heterocycles. The molecular weight excluding hydrogens is 350 g/mol. The molecule has 0 aromatic heterocycles. The number of benzene rings is 1. The van der Waals surface area contributed by atoms with E-state index in [0.29, 0.717) is 6.42 Å². The molecule has 1 aromatic rings. The van der Waals surface area contributed by atoms with Crippen molar-refractivity contribution in [3.63, 3.8) is 0 Å². The molecule has 0 radical (unpaired) electrons. The van der Waals surface area contributed by atoms with E-state index >= 15 is 0 Å². The molecule has 146 valence electrons. The molecule has 1 fully saturated rings. The van der Waals surface area contributed by atoms with Crippen LogP contribution in [0.4, 0.5) is 0 Å². The fourth-order valence-corrected chi connectivity index (χ4v) is 5.12. The number of nitrogens with zero attached hydrogens (tertiary/aromatic N) is 1. The summed E-state index contributed by atoms with van der Waals surface area (Å²) in [6.07, 6.45) is 3.91. The molecule has 2 N–H and O–H groups in total. The van der Waals surface area contributed by atoms with Crippen molar-refractivity contribution < 1.29 is 18.6 Å². The molecule has 1 aliphatic heterocycles. The third-order valence-electron chi connectivity index (χ3n) is 5.27. The maximum Gasteiger partial charge on any atom is 0.243 e. The summed E-state index contributed by atoms with van der Waals surface area (Å²) in [5.74, 6) is -0.663. The predicted octanol–water partition coefficient (Wildman–Crippen LogP) is 2.72. The number of rotatable bonds is 9. The van der Waals surface area contributed by atoms with Crippen LogP contribution >= 0.6 is 0 Å². The van der Waals surface area contributed by atoms with Crippen LogP contribution in [0.1, 0.15) is 38.2 Å². The Morgan fingerprint density at radius 1 is 1.27 bits per heavy atom. The summed E-state index contributed by atoms with van der Waals surface area (Å²) in [5.41, 5.74) is 0.991. The van der Waals surface area contributed by atoms with Gasteiger partial charge in [-0.1, -0.05) is 50.0 Å². The third-order valence-corrected chi connectivity index (χ3v) is 7.12. The highest BCUT2D eigenvalue weighted by Gasteiger charge is 2.42. The van der Waals surface area contributed by atoms with Gasteiger partial charge in [0.05, 0.1) is 17.1 Å². The summed E-state index contributed by atoms with van der Waals surface area (Å²) in [7, 11) is -3.65. The molecule has 0 bridgehead atoms. The zero-order chi connectivity index (χ0) is 19.3. The second-order valence-corrected chi connectivity index (χ2v) is 9.18. The standard InChI is InChI=1S/C20H31NO4S/c1-4-6-7-8-19(22)17(5-2)18-13-21(14-20(18)23)26(24,25)16-11-9-15(3)10-12-16/h5,9-12,17-20,22-23H,2,4,6-8,13-14H2,1,3H3/t17-,18-,19-,20-/m1/s1. The fraction of sp³-hybridized carbons (Fsp3) is 0.600. The number of β-amino-alcohol motifs (C(OH)–C–C–N with tert-alkyl or cyclic N) is 1. The lowest BCUT2D eigenvalue weighted by Crippen LogP contribution is -2.34. The Morgan fingerprint density at radius 2 is 1.92 bits per heavy atom. The summed E-state index contributed by atoms with van der Waals surface area (Å²) in [6, 6.07) is 6.71. The second-order valence-electron chi connectivity index (χ2n) is 7.24. The van der Waals surface area contributed by atoms with Crippen LogP contribution in [0.3, 0.4) is 0 Å². The highest BCUT2D eigenvalue weighted by Crippen LogP contribution is 2.33. The summed E-state index contributed by atoms with van der Waals surface area (Å²) in [4.78, 5) is 0.231. The van der Waals surface area contributed by atoms with E-state index in [1.54, 1.807) is 30.3 Å². The van der Waals surface area contributed by atoms with E-state index in [-0.39, 0.29) is 29.8 Å². The van der Waals surface area contributed by atoms with Gasteiger partial charge >= 0.3 is 0 Å². The van der Waals surface area contributed by atoms with Crippen LogP contribution in [-0.2, 0) is 10.0 Å². The number of hydrogen-bond donors (Lipinski definition) is 2. The molecule has 5 nitrogen and oxygen atoms in total. The van der Waals surface area contributed by atoms with E-state index in [9.17, 15) is 18.6 Å². The zero-order valence-electron chi connectivity index (χ0n) is 15.7. The number of aliphatic hydroxyl groups excluding tert-OH is 2. The Labute approximate surface area is 157 Å². The van der Waals surface area contributed by atoms with Gasteiger partial charge in [-0.3, -0.25) is 0 Å². The van der Waals surface area contributed by atoms with Crippen LogP contribution in [0.15, 0.2) is 41.8 Å². The molecular formula is C20H31NO4S. The van der Waals surface area contributed by atoms with Crippen LogP contribution in [0.5, 0.6) is 0 Å². The Morgan fingerprint density at radius 3 is 2.50 bits per heavy atom. The second kappa shape index (κ2) is 9.13. The minimum absolute atomic E-state index is 0.0485. The zero-order valence-corrected chi connectivity index (χ0v) is 16.5. The van der Waals surface area contributed by atoms with Crippen molar-refractivity contribution in [3.05, 3.63) is 42.5 Å². The molecule has 2 rings (SSSR count). The minimum atomic E-state index is -3.65. The van der Waals surface area contributed by atoms with E-state index in [0.717, 1.165) is 24.8 Å². The maximum absolute atomic E-state index is 12.9. The van der Waals surface area contributed by atoms with Crippen LogP contribution < -0.4 is 0 Å². The molecule has 0 aliphatic carbocycles. The van der Waals surface area contributed by atoms with Gasteiger partial charge in [0.15, 0.2) is 0 Å². The molecule has 0 saturated carbocycles. The first-order valence-corrected chi connectivity index (χ1v) is 10.8. The van der Waals surface area contributed by atoms with Crippen molar-refractivity contribution in [3.8, 4) is 0 Å². The summed E-state index contributed by atoms with van der Waals surface area (Å²) < 4.78 is 27.0. The lowest BCUT2D eigenvalue weighted by atomic mass is 9.83. The van der Waals surface area contributed by atoms with Crippen molar-refractivity contribution >= 4 is 10.0 Å². The Balaban J connectivity index is 2.12. The lowest BCUT2D eigenvalue weighted by molar-refractivity contribution is 0.0469. The fourth-order valence-electron chi connectivity index (χ4n) is 3.62. The van der Waals surface area contributed by atoms with Gasteiger partial charge in [0.25, 0.3) is 0 Å². The van der Waals surface area contributed by atoms with Gasteiger partial charge in [-0.2, -0.15) is 4.31 Å². The largest absolute Gasteiger partial charge is 0.393 e. The average molecular weight is 382 g/mol. The number of aryl methyl sites for hydroxylation is 1. The summed E-state index contributed by atoms with van der Waals surface area (Å²) in [5, 5.41) is 21.0. The first-order valence-electron chi connectivity index (χ1n) is 9.36. The first kappa shape index (κ1) is 21.1. The highest BCUT2D eigenvalue weighted by atomic mass is 32.2. The van der Waals surface area contributed by atoms with Crippen molar-refractivity contribution in [2.24, 2.45) is 11.8 Å². The third kappa shape index (κ3) is 4.74. The Bertz CT molecular complexity index is 686. The van der Waals surface area contributed by atoms with E-state index in [4.69, 9.17) is 0 Å². The first-order chi connectivity index (χ1) is 12.3. The van der Waals surface area contributed by atoms with Crippen molar-refractivity contribution in [1.82, 2.24) is 4.31 Å². The minimum Gasteiger partial charge on any atom is -0.393 e. The van der Waals surface area contributed by atoms with Crippen LogP contribution in [0, 0.1) is 18.8 Å². The molecule has 6 heteroatoms. The molecule has 0 amide bonds. The van der Waals surface area contributed by atoms with Crippen molar-refractivity contribution in [2.75, 3.05) is 13.1 Å². The molecule has 1 aromatic carbocycles. The quantitative estimate of drug-likeness (QED) is 0.509. The number of hydrogen-bond acceptors (Lipinski definition) is 4. The Hall–Kier alpha value is -1.21. The van der Waals surface area contributed by atoms with Crippen LogP contribution in [-0.4, -0.2) is 48.2 Å². The number of unbranched alkanes of at least 4 members (excludes halogenated alkanes) is 2. The predicted molar refractivity (Wildman–Crippen MR) is 103 cm³/mol. The number of aliphatic hydroxyl groups is 2. The summed E-state index contributed by atoms with van der Waals surface area (Å²) in [6.45, 7) is 8.05. The van der Waals surface area contributed by atoms with E-state index in [1.807, 2.05) is 6.92 Å².